The van der Waals surface area contributed by atoms with Crippen LogP contribution in [0.2, 0.25) is 0 Å². The van der Waals surface area contributed by atoms with E-state index >= 15 is 0 Å². The third-order valence-electron chi connectivity index (χ3n) is 4.93. The van der Waals surface area contributed by atoms with Crippen molar-refractivity contribution < 1.29 is 4.79 Å². The number of benzene rings is 2. The summed E-state index contributed by atoms with van der Waals surface area (Å²) in [5.74, 6) is 0.618. The number of anilines is 1. The Hall–Kier alpha value is -2.35. The van der Waals surface area contributed by atoms with Crippen LogP contribution in [0.25, 0.3) is 0 Å². The molecule has 1 fully saturated rings. The Bertz CT molecular complexity index is 749. The lowest BCUT2D eigenvalue weighted by Gasteiger charge is -2.18. The molecule has 2 heteroatoms. The minimum Gasteiger partial charge on any atom is -0.307 e. The van der Waals surface area contributed by atoms with Gasteiger partial charge in [-0.2, -0.15) is 0 Å². The second-order valence-corrected chi connectivity index (χ2v) is 6.20. The average Bonchev–Trinajstić information content (AvgIpc) is 3.23. The van der Waals surface area contributed by atoms with Crippen molar-refractivity contribution in [1.29, 1.82) is 0 Å². The van der Waals surface area contributed by atoms with Crippen molar-refractivity contribution in [2.75, 3.05) is 4.90 Å². The van der Waals surface area contributed by atoms with Crippen LogP contribution in [0.5, 0.6) is 0 Å². The fourth-order valence-corrected chi connectivity index (χ4v) is 3.78. The van der Waals surface area contributed by atoms with Gasteiger partial charge in [-0.15, -0.1) is 0 Å². The molecule has 1 heterocycles. The molecule has 1 amide bonds. The third kappa shape index (κ3) is 1.77. The summed E-state index contributed by atoms with van der Waals surface area (Å²) in [5, 5.41) is 0. The molecule has 1 saturated carbocycles. The zero-order valence-electron chi connectivity index (χ0n) is 12.7. The number of nitrogens with zero attached hydrogens (tertiary/aromatic N) is 1. The van der Waals surface area contributed by atoms with Crippen molar-refractivity contribution in [2.45, 2.75) is 25.3 Å². The van der Waals surface area contributed by atoms with Crippen LogP contribution in [-0.2, 0) is 16.8 Å². The number of carbonyl (C=O) groups is 1. The van der Waals surface area contributed by atoms with Gasteiger partial charge < -0.3 is 4.90 Å². The van der Waals surface area contributed by atoms with Gasteiger partial charge in [0.2, 0.25) is 5.91 Å². The van der Waals surface area contributed by atoms with Crippen LogP contribution in [0.4, 0.5) is 5.69 Å². The summed E-state index contributed by atoms with van der Waals surface area (Å²) in [7, 11) is 0. The predicted octanol–water partition coefficient (Wildman–Crippen LogP) is 4.07. The number of hydrogen-bond acceptors (Lipinski definition) is 1. The van der Waals surface area contributed by atoms with Gasteiger partial charge in [0.05, 0.1) is 12.0 Å². The molecule has 1 aliphatic carbocycles. The fraction of sp³-hybridized carbons (Fsp3) is 0.250. The number of hydrogen-bond donors (Lipinski definition) is 0. The molecule has 110 valence electrons. The summed E-state index contributed by atoms with van der Waals surface area (Å²) in [6.45, 7) is 2.68. The molecule has 0 N–H and O–H groups in total. The summed E-state index contributed by atoms with van der Waals surface area (Å²) in [4.78, 5) is 15.1. The van der Waals surface area contributed by atoms with Gasteiger partial charge in [-0.3, -0.25) is 4.79 Å². The van der Waals surface area contributed by atoms with E-state index in [1.54, 1.807) is 0 Å². The van der Waals surface area contributed by atoms with Crippen LogP contribution in [-0.4, -0.2) is 5.91 Å². The highest BCUT2D eigenvalue weighted by Gasteiger charge is 2.65. The standard InChI is InChI=1S/C20H19NO/c1-2-8-16-13-20(16)17-11-6-7-12-18(17)21(19(20)22)14-15-9-4-3-5-10-15/h2-12,16H,13-14H2,1H3/b8-2+. The first-order valence-corrected chi connectivity index (χ1v) is 7.85. The number of rotatable bonds is 3. The van der Waals surface area contributed by atoms with Crippen molar-refractivity contribution in [3.8, 4) is 0 Å². The lowest BCUT2D eigenvalue weighted by molar-refractivity contribution is -0.120. The van der Waals surface area contributed by atoms with Gasteiger partial charge in [0.15, 0.2) is 0 Å². The van der Waals surface area contributed by atoms with Crippen LogP contribution in [0.3, 0.4) is 0 Å². The molecule has 2 atom stereocenters. The monoisotopic (exact) mass is 289 g/mol. The Labute approximate surface area is 131 Å². The zero-order valence-corrected chi connectivity index (χ0v) is 12.7. The molecule has 4 rings (SSSR count). The molecule has 0 saturated heterocycles. The van der Waals surface area contributed by atoms with Crippen molar-refractivity contribution in [3.63, 3.8) is 0 Å². The van der Waals surface area contributed by atoms with Crippen molar-refractivity contribution >= 4 is 11.6 Å². The van der Waals surface area contributed by atoms with Crippen LogP contribution in [0, 0.1) is 5.92 Å². The highest BCUT2D eigenvalue weighted by Crippen LogP contribution is 2.62. The topological polar surface area (TPSA) is 20.3 Å². The van der Waals surface area contributed by atoms with E-state index in [0.29, 0.717) is 12.5 Å². The summed E-state index contributed by atoms with van der Waals surface area (Å²) in [5.41, 5.74) is 3.17. The Balaban J connectivity index is 1.74. The molecular formula is C20H19NO. The molecule has 0 bridgehead atoms. The Kier molecular flexibility index (Phi) is 2.93. The van der Waals surface area contributed by atoms with Gasteiger partial charge in [-0.05, 0) is 36.5 Å². The summed E-state index contributed by atoms with van der Waals surface area (Å²) >= 11 is 0. The normalized spacial score (nSPS) is 26.0. The minimum absolute atomic E-state index is 0.264. The smallest absolute Gasteiger partial charge is 0.238 e. The number of fused-ring (bicyclic) bond motifs is 2. The van der Waals surface area contributed by atoms with Crippen LogP contribution < -0.4 is 4.90 Å². The SMILES string of the molecule is C/C=C/C1CC12C(=O)N(Cc1ccccc1)c1ccccc12. The van der Waals surface area contributed by atoms with Gasteiger partial charge in [-0.1, -0.05) is 60.7 Å². The number of amides is 1. The van der Waals surface area contributed by atoms with E-state index in [0.717, 1.165) is 12.1 Å². The van der Waals surface area contributed by atoms with Gasteiger partial charge in [-0.25, -0.2) is 0 Å². The predicted molar refractivity (Wildman–Crippen MR) is 88.7 cm³/mol. The van der Waals surface area contributed by atoms with Gasteiger partial charge in [0.1, 0.15) is 0 Å². The average molecular weight is 289 g/mol. The third-order valence-corrected chi connectivity index (χ3v) is 4.93. The highest BCUT2D eigenvalue weighted by molar-refractivity contribution is 6.10. The molecule has 1 aliphatic heterocycles. The highest BCUT2D eigenvalue weighted by atomic mass is 16.2. The van der Waals surface area contributed by atoms with E-state index in [1.807, 2.05) is 42.2 Å². The maximum atomic E-state index is 13.1. The van der Waals surface area contributed by atoms with Gasteiger partial charge >= 0.3 is 0 Å². The summed E-state index contributed by atoms with van der Waals surface area (Å²) in [6, 6.07) is 18.5. The van der Waals surface area contributed by atoms with E-state index < -0.39 is 0 Å². The molecule has 1 spiro atoms. The quantitative estimate of drug-likeness (QED) is 0.780. The van der Waals surface area contributed by atoms with Crippen molar-refractivity contribution in [1.82, 2.24) is 0 Å². The molecule has 2 nitrogen and oxygen atoms in total. The van der Waals surface area contributed by atoms with E-state index in [2.05, 4.69) is 36.4 Å². The maximum absolute atomic E-state index is 13.1. The Morgan fingerprint density at radius 2 is 1.86 bits per heavy atom. The Morgan fingerprint density at radius 1 is 1.14 bits per heavy atom. The fourth-order valence-electron chi connectivity index (χ4n) is 3.78. The van der Waals surface area contributed by atoms with Gasteiger partial charge in [0.25, 0.3) is 0 Å². The largest absolute Gasteiger partial charge is 0.307 e. The minimum atomic E-state index is -0.294. The zero-order chi connectivity index (χ0) is 15.2. The molecule has 0 aromatic heterocycles. The molecule has 0 radical (unpaired) electrons. The first-order valence-electron chi connectivity index (χ1n) is 7.85. The molecular weight excluding hydrogens is 270 g/mol. The van der Waals surface area contributed by atoms with E-state index in [9.17, 15) is 4.79 Å². The first-order chi connectivity index (χ1) is 10.8. The lowest BCUT2D eigenvalue weighted by atomic mass is 9.95. The molecule has 22 heavy (non-hydrogen) atoms. The second-order valence-electron chi connectivity index (χ2n) is 6.20. The second kappa shape index (κ2) is 4.84. The van der Waals surface area contributed by atoms with E-state index in [-0.39, 0.29) is 11.3 Å². The number of para-hydroxylation sites is 1. The maximum Gasteiger partial charge on any atom is 0.238 e. The van der Waals surface area contributed by atoms with Crippen LogP contribution >= 0.6 is 0 Å². The Morgan fingerprint density at radius 3 is 2.64 bits per heavy atom. The number of carbonyl (C=O) groups excluding carboxylic acids is 1. The molecule has 2 aliphatic rings. The van der Waals surface area contributed by atoms with E-state index in [4.69, 9.17) is 0 Å². The van der Waals surface area contributed by atoms with Crippen molar-refractivity contribution in [3.05, 3.63) is 77.9 Å². The lowest BCUT2D eigenvalue weighted by Crippen LogP contribution is -2.32. The van der Waals surface area contributed by atoms with Crippen LogP contribution in [0.1, 0.15) is 24.5 Å². The van der Waals surface area contributed by atoms with Gasteiger partial charge in [0, 0.05) is 5.69 Å². The summed E-state index contributed by atoms with van der Waals surface area (Å²) < 4.78 is 0. The first kappa shape index (κ1) is 13.3. The van der Waals surface area contributed by atoms with E-state index in [1.165, 1.54) is 11.1 Å². The molecule has 2 aromatic carbocycles. The molecule has 2 aromatic rings. The summed E-state index contributed by atoms with van der Waals surface area (Å²) in [6.07, 6.45) is 5.19. The van der Waals surface area contributed by atoms with Crippen molar-refractivity contribution in [2.24, 2.45) is 5.92 Å². The van der Waals surface area contributed by atoms with Crippen LogP contribution in [0.15, 0.2) is 66.7 Å². The number of allylic oxidation sites excluding steroid dienone is 2. The molecule has 2 unspecified atom stereocenters.